The number of benzene rings is 1. The summed E-state index contributed by atoms with van der Waals surface area (Å²) < 4.78 is 45.7. The number of unbranched alkanes of at least 4 members (excludes halogenated alkanes) is 1. The number of carbonyl (C=O) groups is 1. The number of likely N-dealkylation sites (tertiary alicyclic amines) is 1. The number of amides is 2. The minimum absolute atomic E-state index is 0.133. The van der Waals surface area contributed by atoms with Crippen LogP contribution in [-0.4, -0.2) is 42.8 Å². The second-order valence-corrected chi connectivity index (χ2v) is 7.04. The van der Waals surface area contributed by atoms with Crippen molar-refractivity contribution in [2.24, 2.45) is 11.7 Å². The Bertz CT molecular complexity index is 639. The molecule has 0 spiro atoms. The molecule has 2 rings (SSSR count). The molecule has 1 saturated heterocycles. The van der Waals surface area contributed by atoms with Crippen molar-refractivity contribution < 1.29 is 27.8 Å². The lowest BCUT2D eigenvalue weighted by molar-refractivity contribution is -0.143. The highest BCUT2D eigenvalue weighted by molar-refractivity contribution is 5.72. The van der Waals surface area contributed by atoms with Crippen molar-refractivity contribution >= 4 is 6.03 Å². The molecule has 1 aliphatic rings. The van der Waals surface area contributed by atoms with Gasteiger partial charge in [-0.3, -0.25) is 0 Å². The number of halogens is 3. The van der Waals surface area contributed by atoms with E-state index in [0.29, 0.717) is 38.8 Å². The van der Waals surface area contributed by atoms with Crippen molar-refractivity contribution in [1.29, 1.82) is 0 Å². The van der Waals surface area contributed by atoms with Crippen LogP contribution in [0.5, 0.6) is 0 Å². The van der Waals surface area contributed by atoms with Gasteiger partial charge in [-0.25, -0.2) is 4.79 Å². The molecule has 0 radical (unpaired) electrons. The molecule has 1 heterocycles. The number of hydrogen-bond donors (Lipinski definition) is 2. The van der Waals surface area contributed by atoms with E-state index in [0.717, 1.165) is 6.07 Å². The maximum absolute atomic E-state index is 13.6. The minimum Gasteiger partial charge on any atom is -0.385 e. The maximum Gasteiger partial charge on any atom is 0.416 e. The average molecular weight is 388 g/mol. The first-order chi connectivity index (χ1) is 12.7. The van der Waals surface area contributed by atoms with Crippen molar-refractivity contribution in [1.82, 2.24) is 4.90 Å². The molecule has 1 fully saturated rings. The van der Waals surface area contributed by atoms with Crippen LogP contribution in [0.1, 0.15) is 43.2 Å². The summed E-state index contributed by atoms with van der Waals surface area (Å²) in [6, 6.07) is 4.52. The Hall–Kier alpha value is -1.80. The minimum atomic E-state index is -4.57. The van der Waals surface area contributed by atoms with Gasteiger partial charge < -0.3 is 20.5 Å². The fourth-order valence-corrected chi connectivity index (χ4v) is 3.87. The van der Waals surface area contributed by atoms with E-state index >= 15 is 0 Å². The van der Waals surface area contributed by atoms with Crippen LogP contribution in [0, 0.1) is 5.92 Å². The Balaban J connectivity index is 2.40. The first-order valence-electron chi connectivity index (χ1n) is 9.12. The van der Waals surface area contributed by atoms with Gasteiger partial charge in [0.05, 0.1) is 11.2 Å². The number of nitrogens with two attached hydrogens (primary N) is 1. The zero-order chi connectivity index (χ0) is 20.1. The number of nitrogens with zero attached hydrogens (tertiary/aromatic N) is 1. The summed E-state index contributed by atoms with van der Waals surface area (Å²) in [5.41, 5.74) is 2.69. The zero-order valence-electron chi connectivity index (χ0n) is 15.5. The molecule has 2 amide bonds. The van der Waals surface area contributed by atoms with Crippen LogP contribution in [-0.2, 0) is 16.5 Å². The van der Waals surface area contributed by atoms with Crippen LogP contribution in [0.3, 0.4) is 0 Å². The predicted molar refractivity (Wildman–Crippen MR) is 94.9 cm³/mol. The van der Waals surface area contributed by atoms with E-state index in [9.17, 15) is 23.1 Å². The van der Waals surface area contributed by atoms with E-state index in [1.54, 1.807) is 7.11 Å². The van der Waals surface area contributed by atoms with Gasteiger partial charge in [-0.2, -0.15) is 13.2 Å². The third kappa shape index (κ3) is 5.13. The van der Waals surface area contributed by atoms with Gasteiger partial charge in [-0.1, -0.05) is 18.2 Å². The van der Waals surface area contributed by atoms with Crippen molar-refractivity contribution in [3.8, 4) is 0 Å². The number of carbonyl (C=O) groups excluding carboxylic acids is 1. The summed E-state index contributed by atoms with van der Waals surface area (Å²) in [6.45, 7) is 1.06. The van der Waals surface area contributed by atoms with Crippen LogP contribution >= 0.6 is 0 Å². The smallest absolute Gasteiger partial charge is 0.385 e. The number of ether oxygens (including phenoxy) is 1. The monoisotopic (exact) mass is 388 g/mol. The number of alkyl halides is 3. The van der Waals surface area contributed by atoms with Crippen LogP contribution in [0.25, 0.3) is 0 Å². The fraction of sp³-hybridized carbons (Fsp3) is 0.632. The molecule has 1 aromatic rings. The molecule has 0 aromatic heterocycles. The van der Waals surface area contributed by atoms with E-state index < -0.39 is 29.3 Å². The van der Waals surface area contributed by atoms with Gasteiger partial charge >= 0.3 is 12.2 Å². The number of piperidine rings is 1. The lowest BCUT2D eigenvalue weighted by Gasteiger charge is -2.43. The molecular formula is C19H27F3N2O3. The van der Waals surface area contributed by atoms with Crippen molar-refractivity contribution in [2.75, 3.05) is 26.8 Å². The lowest BCUT2D eigenvalue weighted by Crippen LogP contribution is -2.50. The highest BCUT2D eigenvalue weighted by Gasteiger charge is 2.46. The van der Waals surface area contributed by atoms with Gasteiger partial charge in [0.25, 0.3) is 0 Å². The Morgan fingerprint density at radius 1 is 1.30 bits per heavy atom. The number of urea groups is 1. The second kappa shape index (κ2) is 8.93. The third-order valence-electron chi connectivity index (χ3n) is 5.26. The van der Waals surface area contributed by atoms with Crippen LogP contribution in [0.2, 0.25) is 0 Å². The van der Waals surface area contributed by atoms with E-state index in [4.69, 9.17) is 10.5 Å². The van der Waals surface area contributed by atoms with Gasteiger partial charge in [-0.05, 0) is 43.7 Å². The molecule has 152 valence electrons. The Morgan fingerprint density at radius 2 is 1.96 bits per heavy atom. The lowest BCUT2D eigenvalue weighted by atomic mass is 9.72. The normalized spacial score (nSPS) is 20.3. The molecule has 1 aromatic carbocycles. The summed E-state index contributed by atoms with van der Waals surface area (Å²) in [5, 5.41) is 11.5. The molecule has 0 bridgehead atoms. The van der Waals surface area contributed by atoms with E-state index in [1.807, 2.05) is 0 Å². The van der Waals surface area contributed by atoms with Gasteiger partial charge in [-0.15, -0.1) is 0 Å². The summed E-state index contributed by atoms with van der Waals surface area (Å²) in [5.74, 6) is -0.523. The zero-order valence-corrected chi connectivity index (χ0v) is 15.5. The SMILES string of the molecule is COCCCC[C@@](O)(c1ccccc1C(F)(F)F)[C@@H]1CCCN(C(N)=O)C1. The molecule has 0 unspecified atom stereocenters. The van der Waals surface area contributed by atoms with Crippen LogP contribution in [0.4, 0.5) is 18.0 Å². The molecule has 2 atom stereocenters. The third-order valence-corrected chi connectivity index (χ3v) is 5.26. The number of rotatable bonds is 7. The molecule has 0 aliphatic carbocycles. The Morgan fingerprint density at radius 3 is 2.56 bits per heavy atom. The molecule has 5 nitrogen and oxygen atoms in total. The van der Waals surface area contributed by atoms with Crippen LogP contribution in [0.15, 0.2) is 24.3 Å². The van der Waals surface area contributed by atoms with Crippen molar-refractivity contribution in [3.63, 3.8) is 0 Å². The first kappa shape index (κ1) is 21.5. The number of hydrogen-bond acceptors (Lipinski definition) is 3. The summed E-state index contributed by atoms with van der Waals surface area (Å²) >= 11 is 0. The molecule has 3 N–H and O–H groups in total. The molecule has 8 heteroatoms. The van der Waals surface area contributed by atoms with Gasteiger partial charge in [0.15, 0.2) is 0 Å². The Labute approximate surface area is 157 Å². The Kier molecular flexibility index (Phi) is 7.11. The van der Waals surface area contributed by atoms with Crippen molar-refractivity contribution in [3.05, 3.63) is 35.4 Å². The van der Waals surface area contributed by atoms with E-state index in [-0.39, 0.29) is 18.5 Å². The first-order valence-corrected chi connectivity index (χ1v) is 9.12. The maximum atomic E-state index is 13.6. The molecule has 0 saturated carbocycles. The molecular weight excluding hydrogens is 361 g/mol. The summed E-state index contributed by atoms with van der Waals surface area (Å²) in [4.78, 5) is 13.0. The highest BCUT2D eigenvalue weighted by Crippen LogP contribution is 2.44. The topological polar surface area (TPSA) is 75.8 Å². The number of aliphatic hydroxyl groups is 1. The van der Waals surface area contributed by atoms with Gasteiger partial charge in [0, 0.05) is 32.7 Å². The molecule has 1 aliphatic heterocycles. The van der Waals surface area contributed by atoms with E-state index in [1.165, 1.54) is 23.1 Å². The largest absolute Gasteiger partial charge is 0.416 e. The average Bonchev–Trinajstić information content (AvgIpc) is 2.64. The van der Waals surface area contributed by atoms with Gasteiger partial charge in [0.1, 0.15) is 0 Å². The molecule has 27 heavy (non-hydrogen) atoms. The summed E-state index contributed by atoms with van der Waals surface area (Å²) in [6.07, 6.45) is -2.18. The number of primary amides is 1. The van der Waals surface area contributed by atoms with E-state index in [2.05, 4.69) is 0 Å². The highest BCUT2D eigenvalue weighted by atomic mass is 19.4. The van der Waals surface area contributed by atoms with Crippen LogP contribution < -0.4 is 5.73 Å². The van der Waals surface area contributed by atoms with Gasteiger partial charge in [0.2, 0.25) is 0 Å². The predicted octanol–water partition coefficient (Wildman–Crippen LogP) is 3.50. The quantitative estimate of drug-likeness (QED) is 0.702. The summed E-state index contributed by atoms with van der Waals surface area (Å²) in [7, 11) is 1.55. The second-order valence-electron chi connectivity index (χ2n) is 7.04. The fourth-order valence-electron chi connectivity index (χ4n) is 3.87. The number of methoxy groups -OCH3 is 1. The van der Waals surface area contributed by atoms with Crippen molar-refractivity contribution in [2.45, 2.75) is 43.9 Å². The standard InChI is InChI=1S/C19H27F3N2O3/c1-27-12-5-4-10-18(26,14-7-6-11-24(13-14)17(23)25)15-8-2-3-9-16(15)19(20,21)22/h2-3,8-9,14,26H,4-7,10-13H2,1H3,(H2,23,25)/t14-,18+/m1/s1.